The molecule has 0 radical (unpaired) electrons. The Morgan fingerprint density at radius 1 is 1.04 bits per heavy atom. The Hall–Kier alpha value is -1.73. The van der Waals surface area contributed by atoms with Gasteiger partial charge in [-0.25, -0.2) is 8.42 Å². The summed E-state index contributed by atoms with van der Waals surface area (Å²) < 4.78 is 32.0. The van der Waals surface area contributed by atoms with Gasteiger partial charge in [0.1, 0.15) is 0 Å². The summed E-state index contributed by atoms with van der Waals surface area (Å²) in [6.45, 7) is 5.66. The van der Waals surface area contributed by atoms with E-state index in [9.17, 15) is 8.42 Å². The molecule has 1 N–H and O–H groups in total. The summed E-state index contributed by atoms with van der Waals surface area (Å²) in [6, 6.07) is 17.7. The molecule has 0 aromatic heterocycles. The maximum absolute atomic E-state index is 12.6. The molecular formula is C21H28N2O3S. The van der Waals surface area contributed by atoms with Crippen molar-refractivity contribution in [3.05, 3.63) is 65.7 Å². The van der Waals surface area contributed by atoms with Crippen LogP contribution in [0.1, 0.15) is 30.4 Å². The highest BCUT2D eigenvalue weighted by Crippen LogP contribution is 2.19. The third-order valence-electron chi connectivity index (χ3n) is 4.98. The smallest absolute Gasteiger partial charge is 0.243 e. The molecule has 5 nitrogen and oxygen atoms in total. The number of sulfonamides is 1. The second-order valence-electron chi connectivity index (χ2n) is 6.94. The molecule has 1 heterocycles. The predicted molar refractivity (Wildman–Crippen MR) is 107 cm³/mol. The van der Waals surface area contributed by atoms with Crippen molar-refractivity contribution in [3.63, 3.8) is 0 Å². The minimum atomic E-state index is -3.41. The number of morpholine rings is 1. The Kier molecular flexibility index (Phi) is 7.01. The van der Waals surface area contributed by atoms with Gasteiger partial charge in [0.05, 0.1) is 18.1 Å². The van der Waals surface area contributed by atoms with E-state index in [1.807, 2.05) is 18.2 Å². The average molecular weight is 389 g/mol. The van der Waals surface area contributed by atoms with Crippen molar-refractivity contribution in [1.29, 1.82) is 0 Å². The summed E-state index contributed by atoms with van der Waals surface area (Å²) in [6.07, 6.45) is 1.06. The lowest BCUT2D eigenvalue weighted by molar-refractivity contribution is 0.0730. The minimum Gasteiger partial charge on any atom is -0.379 e. The summed E-state index contributed by atoms with van der Waals surface area (Å²) in [4.78, 5) is 0.353. The second kappa shape index (κ2) is 9.46. The normalized spacial score (nSPS) is 16.9. The van der Waals surface area contributed by atoms with Crippen LogP contribution in [0.2, 0.25) is 0 Å². The molecule has 2 aromatic rings. The number of benzene rings is 2. The van der Waals surface area contributed by atoms with Gasteiger partial charge in [-0.15, -0.1) is 0 Å². The van der Waals surface area contributed by atoms with Crippen LogP contribution in [0.3, 0.4) is 0 Å². The number of ether oxygens (including phenoxy) is 1. The number of nitrogens with one attached hydrogen (secondary N) is 1. The van der Waals surface area contributed by atoms with E-state index in [2.05, 4.69) is 36.5 Å². The van der Waals surface area contributed by atoms with E-state index < -0.39 is 10.0 Å². The van der Waals surface area contributed by atoms with Gasteiger partial charge in [0.2, 0.25) is 10.0 Å². The van der Waals surface area contributed by atoms with Crippen molar-refractivity contribution in [3.8, 4) is 0 Å². The molecule has 0 amide bonds. The highest BCUT2D eigenvalue weighted by Gasteiger charge is 2.25. The van der Waals surface area contributed by atoms with Crippen LogP contribution in [0.25, 0.3) is 0 Å². The first-order chi connectivity index (χ1) is 13.1. The fourth-order valence-electron chi connectivity index (χ4n) is 3.21. The molecule has 1 aliphatic rings. The number of hydrogen-bond donors (Lipinski definition) is 1. The zero-order chi connectivity index (χ0) is 19.1. The van der Waals surface area contributed by atoms with Crippen LogP contribution in [0.5, 0.6) is 0 Å². The van der Waals surface area contributed by atoms with Gasteiger partial charge in [-0.05, 0) is 42.1 Å². The molecule has 1 aliphatic heterocycles. The Balaban J connectivity index is 1.48. The third kappa shape index (κ3) is 5.39. The second-order valence-corrected chi connectivity index (χ2v) is 8.88. The zero-order valence-electron chi connectivity index (χ0n) is 15.8. The maximum atomic E-state index is 12.6. The summed E-state index contributed by atoms with van der Waals surface area (Å²) >= 11 is 0. The molecule has 1 saturated heterocycles. The SMILES string of the molecule is C[C@H](CCNCc1ccc(S(=O)(=O)N2CCOCC2)cc1)c1ccccc1. The van der Waals surface area contributed by atoms with Gasteiger partial charge in [0.25, 0.3) is 0 Å². The molecule has 3 rings (SSSR count). The first-order valence-electron chi connectivity index (χ1n) is 9.50. The van der Waals surface area contributed by atoms with Gasteiger partial charge < -0.3 is 10.1 Å². The summed E-state index contributed by atoms with van der Waals surface area (Å²) in [7, 11) is -3.41. The lowest BCUT2D eigenvalue weighted by Crippen LogP contribution is -2.40. The van der Waals surface area contributed by atoms with Crippen molar-refractivity contribution in [2.75, 3.05) is 32.8 Å². The quantitative estimate of drug-likeness (QED) is 0.707. The van der Waals surface area contributed by atoms with Crippen LogP contribution in [-0.4, -0.2) is 45.6 Å². The van der Waals surface area contributed by atoms with E-state index in [4.69, 9.17) is 4.74 Å². The molecule has 0 saturated carbocycles. The van der Waals surface area contributed by atoms with Gasteiger partial charge in [-0.2, -0.15) is 4.31 Å². The van der Waals surface area contributed by atoms with E-state index in [1.165, 1.54) is 9.87 Å². The molecular weight excluding hydrogens is 360 g/mol. The molecule has 0 aliphatic carbocycles. The molecule has 0 unspecified atom stereocenters. The summed E-state index contributed by atoms with van der Waals surface area (Å²) in [5.74, 6) is 0.514. The van der Waals surface area contributed by atoms with Crippen molar-refractivity contribution in [2.24, 2.45) is 0 Å². The number of hydrogen-bond acceptors (Lipinski definition) is 4. The van der Waals surface area contributed by atoms with E-state index in [1.54, 1.807) is 12.1 Å². The number of rotatable bonds is 8. The van der Waals surface area contributed by atoms with E-state index >= 15 is 0 Å². The summed E-state index contributed by atoms with van der Waals surface area (Å²) in [5, 5.41) is 3.45. The Morgan fingerprint density at radius 2 is 1.70 bits per heavy atom. The minimum absolute atomic E-state index is 0.353. The summed E-state index contributed by atoms with van der Waals surface area (Å²) in [5.41, 5.74) is 2.44. The van der Waals surface area contributed by atoms with Crippen molar-refractivity contribution in [1.82, 2.24) is 9.62 Å². The lowest BCUT2D eigenvalue weighted by Gasteiger charge is -2.26. The van der Waals surface area contributed by atoms with Crippen LogP contribution in [0.4, 0.5) is 0 Å². The highest BCUT2D eigenvalue weighted by atomic mass is 32.2. The maximum Gasteiger partial charge on any atom is 0.243 e. The first kappa shape index (κ1) is 20.0. The molecule has 27 heavy (non-hydrogen) atoms. The fourth-order valence-corrected chi connectivity index (χ4v) is 4.62. The zero-order valence-corrected chi connectivity index (χ0v) is 16.6. The van der Waals surface area contributed by atoms with Gasteiger partial charge in [-0.3, -0.25) is 0 Å². The van der Waals surface area contributed by atoms with Crippen LogP contribution in [0, 0.1) is 0 Å². The van der Waals surface area contributed by atoms with E-state index in [0.29, 0.717) is 37.1 Å². The molecule has 1 fully saturated rings. The monoisotopic (exact) mass is 388 g/mol. The van der Waals surface area contributed by atoms with E-state index in [0.717, 1.165) is 25.1 Å². The molecule has 2 aromatic carbocycles. The van der Waals surface area contributed by atoms with Crippen molar-refractivity contribution in [2.45, 2.75) is 30.7 Å². The molecule has 0 bridgehead atoms. The van der Waals surface area contributed by atoms with Gasteiger partial charge in [-0.1, -0.05) is 49.4 Å². The van der Waals surface area contributed by atoms with Gasteiger partial charge in [0.15, 0.2) is 0 Å². The molecule has 1 atom stereocenters. The van der Waals surface area contributed by atoms with Crippen LogP contribution >= 0.6 is 0 Å². The topological polar surface area (TPSA) is 58.6 Å². The highest BCUT2D eigenvalue weighted by molar-refractivity contribution is 7.89. The molecule has 6 heteroatoms. The van der Waals surface area contributed by atoms with Crippen LogP contribution in [0.15, 0.2) is 59.5 Å². The third-order valence-corrected chi connectivity index (χ3v) is 6.90. The van der Waals surface area contributed by atoms with Crippen LogP contribution in [-0.2, 0) is 21.3 Å². The largest absolute Gasteiger partial charge is 0.379 e. The Bertz CT molecular complexity index is 801. The standard InChI is InChI=1S/C21H28N2O3S/c1-18(20-5-3-2-4-6-20)11-12-22-17-19-7-9-21(10-8-19)27(24,25)23-13-15-26-16-14-23/h2-10,18,22H,11-17H2,1H3/t18-/m1/s1. The fraction of sp³-hybridized carbons (Fsp3) is 0.429. The average Bonchev–Trinajstić information content (AvgIpc) is 2.72. The van der Waals surface area contributed by atoms with Crippen molar-refractivity contribution >= 4 is 10.0 Å². The molecule has 0 spiro atoms. The predicted octanol–water partition coefficient (Wildman–Crippen LogP) is 2.99. The molecule has 146 valence electrons. The Morgan fingerprint density at radius 3 is 2.37 bits per heavy atom. The first-order valence-corrected chi connectivity index (χ1v) is 10.9. The van der Waals surface area contributed by atoms with Crippen LogP contribution < -0.4 is 5.32 Å². The van der Waals surface area contributed by atoms with Crippen molar-refractivity contribution < 1.29 is 13.2 Å². The van der Waals surface area contributed by atoms with Gasteiger partial charge >= 0.3 is 0 Å². The Labute approximate surface area is 162 Å². The van der Waals surface area contributed by atoms with E-state index in [-0.39, 0.29) is 0 Å². The lowest BCUT2D eigenvalue weighted by atomic mass is 9.98. The number of nitrogens with zero attached hydrogens (tertiary/aromatic N) is 1. The van der Waals surface area contributed by atoms with Gasteiger partial charge in [0, 0.05) is 19.6 Å².